The fourth-order valence-corrected chi connectivity index (χ4v) is 3.00. The molecule has 6 nitrogen and oxygen atoms in total. The lowest BCUT2D eigenvalue weighted by Gasteiger charge is -2.12. The van der Waals surface area contributed by atoms with E-state index in [0.717, 1.165) is 12.8 Å². The van der Waals surface area contributed by atoms with Crippen LogP contribution in [0.15, 0.2) is 24.3 Å². The van der Waals surface area contributed by atoms with Gasteiger partial charge in [0.05, 0.1) is 0 Å². The van der Waals surface area contributed by atoms with E-state index in [4.69, 9.17) is 5.73 Å². The number of aliphatic hydroxyl groups is 1. The minimum Gasteiger partial charge on any atom is -0.382 e. The van der Waals surface area contributed by atoms with E-state index in [1.165, 1.54) is 12.1 Å². The van der Waals surface area contributed by atoms with Gasteiger partial charge in [-0.1, -0.05) is 18.1 Å². The summed E-state index contributed by atoms with van der Waals surface area (Å²) in [6, 6.07) is 6.08. The van der Waals surface area contributed by atoms with Gasteiger partial charge in [-0.2, -0.15) is 4.98 Å². The first-order valence-electron chi connectivity index (χ1n) is 8.07. The summed E-state index contributed by atoms with van der Waals surface area (Å²) in [5, 5.41) is 10.3. The van der Waals surface area contributed by atoms with E-state index >= 15 is 0 Å². The minimum atomic E-state index is -0.967. The van der Waals surface area contributed by atoms with Crippen LogP contribution >= 0.6 is 0 Å². The molecule has 0 aliphatic heterocycles. The Morgan fingerprint density at radius 3 is 2.76 bits per heavy atom. The SMILES string of the molecule is Nc1nc(C#CC2(O)CCCC2)nc2nc(-c3cccc(F)c3)[nH]c12. The number of nitrogens with two attached hydrogens (primary N) is 1. The normalized spacial score (nSPS) is 15.9. The molecule has 126 valence electrons. The Morgan fingerprint density at radius 2 is 2.00 bits per heavy atom. The third kappa shape index (κ3) is 3.04. The Bertz CT molecular complexity index is 1010. The van der Waals surface area contributed by atoms with E-state index in [1.807, 2.05) is 0 Å². The summed E-state index contributed by atoms with van der Waals surface area (Å²) in [5.74, 6) is 6.17. The molecule has 4 N–H and O–H groups in total. The first-order chi connectivity index (χ1) is 12.0. The van der Waals surface area contributed by atoms with Crippen molar-refractivity contribution in [2.24, 2.45) is 0 Å². The molecular weight excluding hydrogens is 321 g/mol. The number of halogens is 1. The molecule has 4 rings (SSSR count). The number of aromatic nitrogens is 4. The van der Waals surface area contributed by atoms with Crippen LogP contribution in [0, 0.1) is 17.7 Å². The molecule has 0 spiro atoms. The number of benzene rings is 1. The van der Waals surface area contributed by atoms with Gasteiger partial charge in [0.15, 0.2) is 11.5 Å². The summed E-state index contributed by atoms with van der Waals surface area (Å²) in [4.78, 5) is 15.8. The van der Waals surface area contributed by atoms with E-state index in [-0.39, 0.29) is 17.5 Å². The van der Waals surface area contributed by atoms with Crippen molar-refractivity contribution < 1.29 is 9.50 Å². The highest BCUT2D eigenvalue weighted by Gasteiger charge is 2.28. The number of hydrogen-bond acceptors (Lipinski definition) is 5. The molecule has 3 aromatic rings. The summed E-state index contributed by atoms with van der Waals surface area (Å²) >= 11 is 0. The van der Waals surface area contributed by atoms with Crippen molar-refractivity contribution in [3.8, 4) is 23.2 Å². The van der Waals surface area contributed by atoms with E-state index in [0.29, 0.717) is 35.4 Å². The molecule has 0 atom stereocenters. The standard InChI is InChI=1S/C18H16FN5O/c19-12-5-3-4-11(10-12)16-23-14-15(20)21-13(22-17(14)24-16)6-9-18(25)7-1-2-8-18/h3-5,10,25H,1-2,7-8H2,(H3,20,21,22,23,24). The van der Waals surface area contributed by atoms with Crippen molar-refractivity contribution in [2.45, 2.75) is 31.3 Å². The van der Waals surface area contributed by atoms with Crippen LogP contribution in [0.5, 0.6) is 0 Å². The molecule has 2 heterocycles. The quantitative estimate of drug-likeness (QED) is 0.592. The third-order valence-electron chi connectivity index (χ3n) is 4.31. The van der Waals surface area contributed by atoms with Crippen molar-refractivity contribution in [3.05, 3.63) is 35.9 Å². The van der Waals surface area contributed by atoms with Gasteiger partial charge in [0.25, 0.3) is 0 Å². The van der Waals surface area contributed by atoms with Gasteiger partial charge in [-0.3, -0.25) is 0 Å². The molecule has 0 bridgehead atoms. The van der Waals surface area contributed by atoms with Gasteiger partial charge in [0.2, 0.25) is 5.82 Å². The number of nitrogens with zero attached hydrogens (tertiary/aromatic N) is 3. The second-order valence-electron chi connectivity index (χ2n) is 6.22. The fraction of sp³-hybridized carbons (Fsp3) is 0.278. The van der Waals surface area contributed by atoms with Crippen LogP contribution < -0.4 is 5.73 Å². The zero-order chi connectivity index (χ0) is 17.4. The Morgan fingerprint density at radius 1 is 1.20 bits per heavy atom. The van der Waals surface area contributed by atoms with Crippen LogP contribution in [0.3, 0.4) is 0 Å². The van der Waals surface area contributed by atoms with E-state index in [9.17, 15) is 9.50 Å². The van der Waals surface area contributed by atoms with Crippen LogP contribution in [0.2, 0.25) is 0 Å². The van der Waals surface area contributed by atoms with Gasteiger partial charge in [-0.25, -0.2) is 14.4 Å². The highest BCUT2D eigenvalue weighted by molar-refractivity contribution is 5.84. The molecule has 0 unspecified atom stereocenters. The van der Waals surface area contributed by atoms with Crippen molar-refractivity contribution in [1.82, 2.24) is 19.9 Å². The summed E-state index contributed by atoms with van der Waals surface area (Å²) in [6.45, 7) is 0. The lowest BCUT2D eigenvalue weighted by molar-refractivity contribution is 0.110. The Labute approximate surface area is 143 Å². The molecule has 25 heavy (non-hydrogen) atoms. The van der Waals surface area contributed by atoms with Gasteiger partial charge in [0, 0.05) is 5.56 Å². The van der Waals surface area contributed by atoms with Gasteiger partial charge in [-0.05, 0) is 43.7 Å². The largest absolute Gasteiger partial charge is 0.382 e. The van der Waals surface area contributed by atoms with Crippen molar-refractivity contribution >= 4 is 17.0 Å². The van der Waals surface area contributed by atoms with Crippen LogP contribution in [-0.4, -0.2) is 30.6 Å². The summed E-state index contributed by atoms with van der Waals surface area (Å²) in [5.41, 5.74) is 6.42. The summed E-state index contributed by atoms with van der Waals surface area (Å²) in [6.07, 6.45) is 3.24. The van der Waals surface area contributed by atoms with Gasteiger partial charge < -0.3 is 15.8 Å². The predicted molar refractivity (Wildman–Crippen MR) is 91.8 cm³/mol. The molecule has 1 fully saturated rings. The zero-order valence-electron chi connectivity index (χ0n) is 13.4. The van der Waals surface area contributed by atoms with Gasteiger partial charge >= 0.3 is 0 Å². The van der Waals surface area contributed by atoms with Gasteiger partial charge in [0.1, 0.15) is 22.8 Å². The number of H-pyrrole nitrogens is 1. The highest BCUT2D eigenvalue weighted by atomic mass is 19.1. The van der Waals surface area contributed by atoms with Gasteiger partial charge in [-0.15, -0.1) is 0 Å². The number of anilines is 1. The number of nitrogen functional groups attached to an aromatic ring is 1. The Hall–Kier alpha value is -2.98. The minimum absolute atomic E-state index is 0.211. The van der Waals surface area contributed by atoms with Crippen LogP contribution in [0.4, 0.5) is 10.2 Å². The third-order valence-corrected chi connectivity index (χ3v) is 4.31. The molecular formula is C18H16FN5O. The smallest absolute Gasteiger partial charge is 0.209 e. The van der Waals surface area contributed by atoms with Crippen molar-refractivity contribution in [2.75, 3.05) is 5.73 Å². The van der Waals surface area contributed by atoms with Crippen LogP contribution in [-0.2, 0) is 0 Å². The fourth-order valence-electron chi connectivity index (χ4n) is 3.00. The highest BCUT2D eigenvalue weighted by Crippen LogP contribution is 2.28. The van der Waals surface area contributed by atoms with Crippen LogP contribution in [0.1, 0.15) is 31.5 Å². The van der Waals surface area contributed by atoms with E-state index in [2.05, 4.69) is 31.8 Å². The maximum atomic E-state index is 13.4. The monoisotopic (exact) mass is 337 g/mol. The molecule has 1 aromatic carbocycles. The Balaban J connectivity index is 1.74. The molecule has 1 saturated carbocycles. The van der Waals surface area contributed by atoms with E-state index < -0.39 is 5.60 Å². The summed E-state index contributed by atoms with van der Waals surface area (Å²) < 4.78 is 13.4. The molecule has 0 radical (unpaired) electrons. The van der Waals surface area contributed by atoms with E-state index in [1.54, 1.807) is 12.1 Å². The first kappa shape index (κ1) is 15.5. The molecule has 7 heteroatoms. The number of rotatable bonds is 1. The number of nitrogens with one attached hydrogen (secondary N) is 1. The van der Waals surface area contributed by atoms with Crippen LogP contribution in [0.25, 0.3) is 22.6 Å². The lowest BCUT2D eigenvalue weighted by atomic mass is 10.0. The summed E-state index contributed by atoms with van der Waals surface area (Å²) in [7, 11) is 0. The van der Waals surface area contributed by atoms with Crippen molar-refractivity contribution in [3.63, 3.8) is 0 Å². The lowest BCUT2D eigenvalue weighted by Crippen LogP contribution is -2.20. The second-order valence-corrected chi connectivity index (χ2v) is 6.22. The molecule has 0 amide bonds. The first-order valence-corrected chi connectivity index (χ1v) is 8.07. The molecule has 2 aromatic heterocycles. The number of imidazole rings is 1. The predicted octanol–water partition coefficient (Wildman–Crippen LogP) is 2.40. The molecule has 1 aliphatic carbocycles. The maximum Gasteiger partial charge on any atom is 0.209 e. The molecule has 0 saturated heterocycles. The average Bonchev–Trinajstić information content (AvgIpc) is 3.20. The maximum absolute atomic E-state index is 13.4. The number of hydrogen-bond donors (Lipinski definition) is 3. The molecule has 1 aliphatic rings. The second kappa shape index (κ2) is 5.83. The Kier molecular flexibility index (Phi) is 3.62. The zero-order valence-corrected chi connectivity index (χ0v) is 13.4. The number of aromatic amines is 1. The average molecular weight is 337 g/mol. The van der Waals surface area contributed by atoms with Crippen molar-refractivity contribution in [1.29, 1.82) is 0 Å². The number of fused-ring (bicyclic) bond motifs is 1. The topological polar surface area (TPSA) is 101 Å².